The van der Waals surface area contributed by atoms with E-state index in [2.05, 4.69) is 53.0 Å². The molecular weight excluding hydrogens is 306 g/mol. The Kier molecular flexibility index (Phi) is 6.10. The first-order chi connectivity index (χ1) is 9.04. The van der Waals surface area contributed by atoms with Gasteiger partial charge in [-0.05, 0) is 28.8 Å². The van der Waals surface area contributed by atoms with Crippen LogP contribution in [0.5, 0.6) is 0 Å². The van der Waals surface area contributed by atoms with Crippen molar-refractivity contribution >= 4 is 21.6 Å². The van der Waals surface area contributed by atoms with Crippen molar-refractivity contribution in [1.82, 2.24) is 9.78 Å². The van der Waals surface area contributed by atoms with Crippen LogP contribution in [-0.4, -0.2) is 15.8 Å². The topological polar surface area (TPSA) is 46.9 Å². The van der Waals surface area contributed by atoms with Crippen LogP contribution in [0.15, 0.2) is 15.5 Å². The smallest absolute Gasteiger partial charge is 0.284 e. The first kappa shape index (κ1) is 15.8. The SMILES string of the molecule is C#CCn1ncc(NC(C)C(CC)CC)c(Br)c1=O. The van der Waals surface area contributed by atoms with Gasteiger partial charge in [0.2, 0.25) is 0 Å². The maximum Gasteiger partial charge on any atom is 0.284 e. The van der Waals surface area contributed by atoms with Gasteiger partial charge in [-0.15, -0.1) is 6.42 Å². The second kappa shape index (κ2) is 7.34. The fourth-order valence-electron chi connectivity index (χ4n) is 2.12. The zero-order chi connectivity index (χ0) is 14.4. The van der Waals surface area contributed by atoms with Crippen LogP contribution in [0.4, 0.5) is 5.69 Å². The number of aromatic nitrogens is 2. The van der Waals surface area contributed by atoms with Crippen LogP contribution in [0, 0.1) is 18.3 Å². The lowest BCUT2D eigenvalue weighted by atomic mass is 9.95. The monoisotopic (exact) mass is 325 g/mol. The molecule has 1 heterocycles. The molecule has 0 aliphatic carbocycles. The fourth-order valence-corrected chi connectivity index (χ4v) is 2.55. The Hall–Kier alpha value is -1.28. The van der Waals surface area contributed by atoms with Crippen molar-refractivity contribution in [3.8, 4) is 12.3 Å². The molecule has 19 heavy (non-hydrogen) atoms. The Morgan fingerprint density at radius 2 is 2.16 bits per heavy atom. The molecule has 0 aliphatic rings. The van der Waals surface area contributed by atoms with Crippen LogP contribution in [0.1, 0.15) is 33.6 Å². The molecule has 1 atom stereocenters. The number of hydrogen-bond donors (Lipinski definition) is 1. The molecule has 0 amide bonds. The molecule has 0 aromatic carbocycles. The number of rotatable bonds is 6. The van der Waals surface area contributed by atoms with E-state index in [0.717, 1.165) is 18.5 Å². The fraction of sp³-hybridized carbons (Fsp3) is 0.571. The minimum Gasteiger partial charge on any atom is -0.380 e. The van der Waals surface area contributed by atoms with Gasteiger partial charge in [0, 0.05) is 6.04 Å². The summed E-state index contributed by atoms with van der Waals surface area (Å²) in [6.45, 7) is 6.64. The Balaban J connectivity index is 2.95. The van der Waals surface area contributed by atoms with Gasteiger partial charge in [-0.25, -0.2) is 4.68 Å². The average Bonchev–Trinajstić information content (AvgIpc) is 2.40. The van der Waals surface area contributed by atoms with Gasteiger partial charge in [0.25, 0.3) is 5.56 Å². The largest absolute Gasteiger partial charge is 0.380 e. The number of anilines is 1. The summed E-state index contributed by atoms with van der Waals surface area (Å²) >= 11 is 3.32. The maximum atomic E-state index is 12.0. The van der Waals surface area contributed by atoms with Crippen LogP contribution in [0.2, 0.25) is 0 Å². The second-order valence-electron chi connectivity index (χ2n) is 4.55. The highest BCUT2D eigenvalue weighted by Gasteiger charge is 2.16. The quantitative estimate of drug-likeness (QED) is 0.818. The minimum absolute atomic E-state index is 0.180. The maximum absolute atomic E-state index is 12.0. The predicted molar refractivity (Wildman–Crippen MR) is 82.2 cm³/mol. The highest BCUT2D eigenvalue weighted by Crippen LogP contribution is 2.21. The third-order valence-corrected chi connectivity index (χ3v) is 4.13. The van der Waals surface area contributed by atoms with E-state index in [0.29, 0.717) is 10.4 Å². The third-order valence-electron chi connectivity index (χ3n) is 3.36. The van der Waals surface area contributed by atoms with E-state index >= 15 is 0 Å². The van der Waals surface area contributed by atoms with Crippen LogP contribution < -0.4 is 10.9 Å². The Morgan fingerprint density at radius 1 is 1.53 bits per heavy atom. The highest BCUT2D eigenvalue weighted by molar-refractivity contribution is 9.10. The normalized spacial score (nSPS) is 12.2. The molecule has 1 unspecified atom stereocenters. The Labute approximate surface area is 122 Å². The summed E-state index contributed by atoms with van der Waals surface area (Å²) in [6.07, 6.45) is 9.04. The number of terminal acetylenes is 1. The first-order valence-electron chi connectivity index (χ1n) is 6.50. The van der Waals surface area contributed by atoms with Crippen LogP contribution in [0.25, 0.3) is 0 Å². The third kappa shape index (κ3) is 3.84. The molecule has 0 radical (unpaired) electrons. The van der Waals surface area contributed by atoms with Gasteiger partial charge in [-0.1, -0.05) is 32.6 Å². The van der Waals surface area contributed by atoms with Gasteiger partial charge in [0.1, 0.15) is 11.0 Å². The number of halogens is 1. The van der Waals surface area contributed by atoms with Crippen molar-refractivity contribution in [3.05, 3.63) is 21.0 Å². The van der Waals surface area contributed by atoms with Crippen molar-refractivity contribution in [2.75, 3.05) is 5.32 Å². The summed E-state index contributed by atoms with van der Waals surface area (Å²) in [6, 6.07) is 0.288. The molecule has 0 saturated carbocycles. The molecule has 104 valence electrons. The van der Waals surface area contributed by atoms with E-state index in [4.69, 9.17) is 6.42 Å². The molecule has 4 nitrogen and oxygen atoms in total. The molecule has 5 heteroatoms. The van der Waals surface area contributed by atoms with Gasteiger partial charge in [0.15, 0.2) is 0 Å². The van der Waals surface area contributed by atoms with E-state index in [1.54, 1.807) is 6.20 Å². The van der Waals surface area contributed by atoms with E-state index < -0.39 is 0 Å². The molecule has 0 fully saturated rings. The second-order valence-corrected chi connectivity index (χ2v) is 5.34. The van der Waals surface area contributed by atoms with E-state index in [1.807, 2.05) is 0 Å². The number of nitrogens with one attached hydrogen (secondary N) is 1. The molecule has 0 spiro atoms. The lowest BCUT2D eigenvalue weighted by Gasteiger charge is -2.23. The number of hydrogen-bond acceptors (Lipinski definition) is 3. The Bertz CT molecular complexity index is 514. The molecule has 0 saturated heterocycles. The zero-order valence-electron chi connectivity index (χ0n) is 11.6. The standard InChI is InChI=1S/C14H20BrN3O/c1-5-8-18-14(19)13(15)12(9-16-18)17-10(4)11(6-2)7-3/h1,9-11,17H,6-8H2,2-4H3. The average molecular weight is 326 g/mol. The predicted octanol–water partition coefficient (Wildman–Crippen LogP) is 2.88. The van der Waals surface area contributed by atoms with Gasteiger partial charge in [0.05, 0.1) is 11.9 Å². The summed E-state index contributed by atoms with van der Waals surface area (Å²) in [5.74, 6) is 2.98. The van der Waals surface area contributed by atoms with Crippen LogP contribution in [0.3, 0.4) is 0 Å². The van der Waals surface area contributed by atoms with Crippen LogP contribution >= 0.6 is 15.9 Å². The Morgan fingerprint density at radius 3 is 2.68 bits per heavy atom. The molecular formula is C14H20BrN3O. The molecule has 1 aromatic heterocycles. The molecule has 1 N–H and O–H groups in total. The van der Waals surface area contributed by atoms with Crippen molar-refractivity contribution < 1.29 is 0 Å². The van der Waals surface area contributed by atoms with Crippen molar-refractivity contribution in [2.45, 2.75) is 46.2 Å². The van der Waals surface area contributed by atoms with Gasteiger partial charge >= 0.3 is 0 Å². The highest BCUT2D eigenvalue weighted by atomic mass is 79.9. The van der Waals surface area contributed by atoms with E-state index in [1.165, 1.54) is 4.68 Å². The molecule has 1 aromatic rings. The first-order valence-corrected chi connectivity index (χ1v) is 7.30. The van der Waals surface area contributed by atoms with E-state index in [-0.39, 0.29) is 18.1 Å². The molecule has 1 rings (SSSR count). The summed E-state index contributed by atoms with van der Waals surface area (Å²) in [4.78, 5) is 12.0. The van der Waals surface area contributed by atoms with Gasteiger partial charge in [-0.2, -0.15) is 5.10 Å². The van der Waals surface area contributed by atoms with Crippen molar-refractivity contribution in [2.24, 2.45) is 5.92 Å². The lowest BCUT2D eigenvalue weighted by molar-refractivity contribution is 0.437. The summed E-state index contributed by atoms with van der Waals surface area (Å²) in [7, 11) is 0. The zero-order valence-corrected chi connectivity index (χ0v) is 13.2. The summed E-state index contributed by atoms with van der Waals surface area (Å²) in [5.41, 5.74) is 0.511. The van der Waals surface area contributed by atoms with Gasteiger partial charge in [-0.3, -0.25) is 4.79 Å². The lowest BCUT2D eigenvalue weighted by Crippen LogP contribution is -2.29. The van der Waals surface area contributed by atoms with Crippen molar-refractivity contribution in [3.63, 3.8) is 0 Å². The minimum atomic E-state index is -0.209. The van der Waals surface area contributed by atoms with Crippen LogP contribution in [-0.2, 0) is 6.54 Å². The van der Waals surface area contributed by atoms with E-state index in [9.17, 15) is 4.79 Å². The van der Waals surface area contributed by atoms with Crippen molar-refractivity contribution in [1.29, 1.82) is 0 Å². The number of nitrogens with zero attached hydrogens (tertiary/aromatic N) is 2. The molecule has 0 aliphatic heterocycles. The summed E-state index contributed by atoms with van der Waals surface area (Å²) in [5, 5.41) is 7.41. The molecule has 0 bridgehead atoms. The summed E-state index contributed by atoms with van der Waals surface area (Å²) < 4.78 is 1.74. The van der Waals surface area contributed by atoms with Gasteiger partial charge < -0.3 is 5.32 Å².